The molecule has 0 aliphatic heterocycles. The minimum Gasteiger partial charge on any atom is -0.351 e. The van der Waals surface area contributed by atoms with Crippen LogP contribution in [0.4, 0.5) is 10.1 Å². The van der Waals surface area contributed by atoms with Crippen molar-refractivity contribution in [2.75, 3.05) is 5.32 Å². The summed E-state index contributed by atoms with van der Waals surface area (Å²) in [6, 6.07) is 11.4. The van der Waals surface area contributed by atoms with E-state index in [9.17, 15) is 14.0 Å². The van der Waals surface area contributed by atoms with Crippen molar-refractivity contribution in [2.24, 2.45) is 0 Å². The van der Waals surface area contributed by atoms with E-state index in [4.69, 9.17) is 11.6 Å². The summed E-state index contributed by atoms with van der Waals surface area (Å²) >= 11 is 12.6. The molecule has 0 bridgehead atoms. The number of rotatable bonds is 3. The summed E-state index contributed by atoms with van der Waals surface area (Å²) in [4.78, 5) is 32.5. The van der Waals surface area contributed by atoms with E-state index in [1.165, 1.54) is 12.1 Å². The Bertz CT molecular complexity index is 1170. The van der Waals surface area contributed by atoms with Crippen molar-refractivity contribution in [3.63, 3.8) is 0 Å². The number of Topliss-reactive ketones (excluding diaryl/α,β-unsaturated/α-hetero) is 2. The number of halogens is 4. The number of ketones is 2. The van der Waals surface area contributed by atoms with Crippen LogP contribution in [0.3, 0.4) is 0 Å². The van der Waals surface area contributed by atoms with Crippen LogP contribution >= 0.6 is 43.5 Å². The Morgan fingerprint density at radius 1 is 1.04 bits per heavy atom. The molecule has 1 aromatic heterocycles. The summed E-state index contributed by atoms with van der Waals surface area (Å²) in [5.74, 6) is -1.37. The summed E-state index contributed by atoms with van der Waals surface area (Å²) in [5.41, 5.74) is 0.851. The van der Waals surface area contributed by atoms with Crippen LogP contribution in [0.5, 0.6) is 0 Å². The van der Waals surface area contributed by atoms with Crippen LogP contribution in [0.25, 0.3) is 11.4 Å². The molecule has 28 heavy (non-hydrogen) atoms. The van der Waals surface area contributed by atoms with Crippen LogP contribution in [0.15, 0.2) is 62.1 Å². The number of fused-ring (bicyclic) bond motifs is 1. The molecule has 4 rings (SSSR count). The predicted octanol–water partition coefficient (Wildman–Crippen LogP) is 5.68. The van der Waals surface area contributed by atoms with Crippen molar-refractivity contribution in [1.29, 1.82) is 0 Å². The van der Waals surface area contributed by atoms with Gasteiger partial charge >= 0.3 is 0 Å². The summed E-state index contributed by atoms with van der Waals surface area (Å²) in [6.07, 6.45) is 0. The van der Waals surface area contributed by atoms with Crippen LogP contribution in [0.1, 0.15) is 21.0 Å². The Balaban J connectivity index is 1.72. The molecule has 140 valence electrons. The third kappa shape index (κ3) is 3.32. The van der Waals surface area contributed by atoms with E-state index in [2.05, 4.69) is 47.1 Å². The molecule has 5 nitrogen and oxygen atoms in total. The molecule has 0 radical (unpaired) electrons. The molecule has 1 aliphatic carbocycles. The van der Waals surface area contributed by atoms with E-state index in [0.29, 0.717) is 15.7 Å². The highest BCUT2D eigenvalue weighted by atomic mass is 79.9. The van der Waals surface area contributed by atoms with Crippen LogP contribution in [-0.4, -0.2) is 21.5 Å². The van der Waals surface area contributed by atoms with Gasteiger partial charge in [-0.3, -0.25) is 9.59 Å². The molecule has 0 saturated carbocycles. The number of hydrogen-bond acceptors (Lipinski definition) is 4. The molecule has 1 aliphatic rings. The largest absolute Gasteiger partial charge is 0.351 e. The maximum atomic E-state index is 13.8. The van der Waals surface area contributed by atoms with Crippen molar-refractivity contribution in [3.8, 4) is 11.4 Å². The zero-order valence-electron chi connectivity index (χ0n) is 13.8. The number of aromatic amines is 1. The van der Waals surface area contributed by atoms with Gasteiger partial charge in [-0.1, -0.05) is 27.5 Å². The molecule has 0 amide bonds. The first-order valence-corrected chi connectivity index (χ1v) is 9.88. The lowest BCUT2D eigenvalue weighted by atomic mass is 10.0. The molecule has 0 spiro atoms. The van der Waals surface area contributed by atoms with E-state index in [-0.39, 0.29) is 27.9 Å². The van der Waals surface area contributed by atoms with Gasteiger partial charge in [0.05, 0.1) is 4.47 Å². The van der Waals surface area contributed by atoms with E-state index >= 15 is 0 Å². The summed E-state index contributed by atoms with van der Waals surface area (Å²) < 4.78 is 15.0. The van der Waals surface area contributed by atoms with Gasteiger partial charge in [-0.05, 0) is 58.4 Å². The summed E-state index contributed by atoms with van der Waals surface area (Å²) in [7, 11) is 0. The number of anilines is 1. The average molecular weight is 526 g/mol. The zero-order chi connectivity index (χ0) is 20.0. The first-order valence-electron chi connectivity index (χ1n) is 7.92. The molecule has 0 unspecified atom stereocenters. The van der Waals surface area contributed by atoms with Gasteiger partial charge in [0.1, 0.15) is 33.8 Å². The van der Waals surface area contributed by atoms with Crippen molar-refractivity contribution < 1.29 is 14.0 Å². The normalized spacial score (nSPS) is 13.7. The Kier molecular flexibility index (Phi) is 4.95. The van der Waals surface area contributed by atoms with E-state index in [1.54, 1.807) is 30.3 Å². The fraction of sp³-hybridized carbons (Fsp3) is 0. The van der Waals surface area contributed by atoms with Gasteiger partial charge in [-0.2, -0.15) is 0 Å². The number of benzene rings is 2. The molecular formula is C19H9Br2ClFN3O2. The predicted molar refractivity (Wildman–Crippen MR) is 111 cm³/mol. The lowest BCUT2D eigenvalue weighted by Gasteiger charge is -2.15. The Labute approximate surface area is 180 Å². The van der Waals surface area contributed by atoms with Crippen LogP contribution in [-0.2, 0) is 0 Å². The second kappa shape index (κ2) is 7.27. The van der Waals surface area contributed by atoms with E-state index < -0.39 is 17.4 Å². The fourth-order valence-corrected chi connectivity index (χ4v) is 3.45. The first kappa shape index (κ1) is 19.0. The zero-order valence-corrected chi connectivity index (χ0v) is 17.7. The second-order valence-corrected chi connectivity index (χ2v) is 8.07. The van der Waals surface area contributed by atoms with Crippen LogP contribution in [0.2, 0.25) is 0 Å². The molecule has 9 heteroatoms. The van der Waals surface area contributed by atoms with Gasteiger partial charge in [0.25, 0.3) is 0 Å². The minimum absolute atomic E-state index is 0.0188. The molecule has 2 N–H and O–H groups in total. The molecule has 0 saturated heterocycles. The molecule has 1 heterocycles. The van der Waals surface area contributed by atoms with Gasteiger partial charge in [-0.15, -0.1) is 0 Å². The van der Waals surface area contributed by atoms with Crippen LogP contribution in [0, 0.1) is 5.82 Å². The lowest BCUT2D eigenvalue weighted by molar-refractivity contribution is 0.0977. The second-order valence-electron chi connectivity index (χ2n) is 5.92. The third-order valence-electron chi connectivity index (χ3n) is 4.10. The number of aromatic nitrogens is 2. The van der Waals surface area contributed by atoms with Crippen molar-refractivity contribution in [2.45, 2.75) is 0 Å². The van der Waals surface area contributed by atoms with Gasteiger partial charge < -0.3 is 10.3 Å². The number of hydrogen-bond donors (Lipinski definition) is 2. The highest BCUT2D eigenvalue weighted by Crippen LogP contribution is 2.31. The Morgan fingerprint density at radius 2 is 1.75 bits per heavy atom. The number of nitrogens with one attached hydrogen (secondary N) is 2. The number of nitrogens with zero attached hydrogens (tertiary/aromatic N) is 1. The molecule has 0 fully saturated rings. The molecular weight excluding hydrogens is 516 g/mol. The number of allylic oxidation sites excluding steroid dienone is 2. The number of carbonyl (C=O) groups is 2. The molecule has 3 aromatic rings. The maximum absolute atomic E-state index is 13.8. The monoisotopic (exact) mass is 523 g/mol. The highest BCUT2D eigenvalue weighted by molar-refractivity contribution is 9.10. The minimum atomic E-state index is -0.563. The fourth-order valence-electron chi connectivity index (χ4n) is 2.71. The van der Waals surface area contributed by atoms with E-state index in [1.807, 2.05) is 0 Å². The Hall–Kier alpha value is -2.29. The van der Waals surface area contributed by atoms with Crippen molar-refractivity contribution in [3.05, 3.63) is 79.3 Å². The Morgan fingerprint density at radius 3 is 2.43 bits per heavy atom. The van der Waals surface area contributed by atoms with Gasteiger partial charge in [0, 0.05) is 15.7 Å². The third-order valence-corrected chi connectivity index (χ3v) is 5.63. The molecule has 2 aromatic carbocycles. The van der Waals surface area contributed by atoms with Crippen molar-refractivity contribution >= 4 is 60.7 Å². The van der Waals surface area contributed by atoms with Gasteiger partial charge in [0.2, 0.25) is 11.6 Å². The van der Waals surface area contributed by atoms with Crippen molar-refractivity contribution in [1.82, 2.24) is 9.97 Å². The molecule has 0 atom stereocenters. The topological polar surface area (TPSA) is 74.8 Å². The SMILES string of the molecule is O=C1C(Nc2ccc(Br)cc2)=C(Cl)C(=O)c2[nH]c(-c3ccc(Br)c(F)c3)nc21. The van der Waals surface area contributed by atoms with Crippen LogP contribution < -0.4 is 5.32 Å². The van der Waals surface area contributed by atoms with Gasteiger partial charge in [-0.25, -0.2) is 9.37 Å². The number of imidazole rings is 1. The highest BCUT2D eigenvalue weighted by Gasteiger charge is 2.35. The summed E-state index contributed by atoms with van der Waals surface area (Å²) in [5, 5.41) is 2.64. The standard InChI is InChI=1S/C19H9Br2ClFN3O2/c20-9-2-4-10(5-3-9)24-14-13(22)17(27)15-16(18(14)28)26-19(25-15)8-1-6-11(21)12(23)7-8/h1-7,24H,(H,25,26). The quantitative estimate of drug-likeness (QED) is 0.461. The number of carbonyl (C=O) groups excluding carboxylic acids is 2. The smallest absolute Gasteiger partial charge is 0.231 e. The lowest BCUT2D eigenvalue weighted by Crippen LogP contribution is -2.24. The summed E-state index contributed by atoms with van der Waals surface area (Å²) in [6.45, 7) is 0. The first-order chi connectivity index (χ1) is 13.3. The number of H-pyrrole nitrogens is 1. The maximum Gasteiger partial charge on any atom is 0.231 e. The van der Waals surface area contributed by atoms with Gasteiger partial charge in [0.15, 0.2) is 0 Å². The average Bonchev–Trinajstić information content (AvgIpc) is 3.13. The van der Waals surface area contributed by atoms with E-state index in [0.717, 1.165) is 4.47 Å².